The van der Waals surface area contributed by atoms with Crippen molar-refractivity contribution in [2.45, 2.75) is 32.7 Å². The minimum absolute atomic E-state index is 0.412. The summed E-state index contributed by atoms with van der Waals surface area (Å²) in [6.45, 7) is 6.77. The summed E-state index contributed by atoms with van der Waals surface area (Å²) in [5.74, 6) is -0.412. The van der Waals surface area contributed by atoms with Crippen molar-refractivity contribution < 1.29 is 4.79 Å². The molecule has 0 aliphatic heterocycles. The van der Waals surface area contributed by atoms with E-state index in [0.717, 1.165) is 35.2 Å². The molecule has 0 aliphatic rings. The molecule has 0 spiro atoms. The molecule has 6 heteroatoms. The van der Waals surface area contributed by atoms with Gasteiger partial charge in [0.15, 0.2) is 5.65 Å². The zero-order valence-corrected chi connectivity index (χ0v) is 14.5. The highest BCUT2D eigenvalue weighted by atomic mass is 16.1. The third kappa shape index (κ3) is 5.04. The summed E-state index contributed by atoms with van der Waals surface area (Å²) in [5, 5.41) is 5.25. The Morgan fingerprint density at radius 2 is 2.08 bits per heavy atom. The molecule has 4 N–H and O–H groups in total. The molecule has 0 atom stereocenters. The van der Waals surface area contributed by atoms with Gasteiger partial charge in [0.2, 0.25) is 5.91 Å². The number of rotatable bonds is 5. The van der Waals surface area contributed by atoms with Crippen molar-refractivity contribution in [2.24, 2.45) is 5.73 Å². The van der Waals surface area contributed by atoms with Gasteiger partial charge in [-0.15, -0.1) is 0 Å². The standard InChI is InChI=1S/C11H16N4.C8H8NO/c1-2-3-4-7-15-11-9(8-14-15)10(12)5-6-13-11;1-6-3-2-4-7(5-6)8(9)10/h5-6,8H,2-4,7H2,1H3,(H2,12,13);2-5H,1H2,(H2,9,10). The largest absolute Gasteiger partial charge is 0.398 e. The monoisotopic (exact) mass is 338 g/mol. The first-order chi connectivity index (χ1) is 12.0. The molecule has 1 amide bonds. The number of aryl methyl sites for hydroxylation is 1. The van der Waals surface area contributed by atoms with Crippen LogP contribution in [0.25, 0.3) is 11.0 Å². The highest BCUT2D eigenvalue weighted by Crippen LogP contribution is 2.18. The van der Waals surface area contributed by atoms with Crippen molar-refractivity contribution in [2.75, 3.05) is 5.73 Å². The number of aromatic nitrogens is 3. The number of hydrogen-bond donors (Lipinski definition) is 2. The topological polar surface area (TPSA) is 99.8 Å². The van der Waals surface area contributed by atoms with E-state index in [2.05, 4.69) is 23.9 Å². The Kier molecular flexibility index (Phi) is 6.51. The fourth-order valence-electron chi connectivity index (χ4n) is 2.40. The number of pyridine rings is 1. The van der Waals surface area contributed by atoms with Crippen LogP contribution in [-0.2, 0) is 6.54 Å². The zero-order valence-electron chi connectivity index (χ0n) is 14.5. The van der Waals surface area contributed by atoms with Crippen LogP contribution in [0.4, 0.5) is 5.69 Å². The van der Waals surface area contributed by atoms with Crippen molar-refractivity contribution in [3.8, 4) is 0 Å². The van der Waals surface area contributed by atoms with E-state index >= 15 is 0 Å². The summed E-state index contributed by atoms with van der Waals surface area (Å²) in [7, 11) is 0. The minimum atomic E-state index is -0.412. The van der Waals surface area contributed by atoms with Crippen molar-refractivity contribution in [3.63, 3.8) is 0 Å². The molecule has 0 saturated carbocycles. The van der Waals surface area contributed by atoms with Gasteiger partial charge in [-0.05, 0) is 37.1 Å². The van der Waals surface area contributed by atoms with E-state index in [1.54, 1.807) is 36.7 Å². The number of primary amides is 1. The summed E-state index contributed by atoms with van der Waals surface area (Å²) in [6, 6.07) is 8.69. The van der Waals surface area contributed by atoms with Gasteiger partial charge in [0.25, 0.3) is 0 Å². The van der Waals surface area contributed by atoms with Gasteiger partial charge in [0.1, 0.15) is 0 Å². The first-order valence-electron chi connectivity index (χ1n) is 8.30. The fourth-order valence-corrected chi connectivity index (χ4v) is 2.40. The second kappa shape index (κ2) is 8.82. The average Bonchev–Trinajstić information content (AvgIpc) is 3.00. The lowest BCUT2D eigenvalue weighted by molar-refractivity contribution is 0.1000. The predicted molar refractivity (Wildman–Crippen MR) is 101 cm³/mol. The molecule has 131 valence electrons. The van der Waals surface area contributed by atoms with Crippen LogP contribution in [0.1, 0.15) is 42.1 Å². The smallest absolute Gasteiger partial charge is 0.248 e. The van der Waals surface area contributed by atoms with Crippen molar-refractivity contribution in [1.82, 2.24) is 14.8 Å². The maximum atomic E-state index is 10.5. The molecule has 3 aromatic rings. The Balaban J connectivity index is 0.000000196. The second-order valence-corrected chi connectivity index (χ2v) is 5.78. The molecular formula is C19H24N5O. The number of fused-ring (bicyclic) bond motifs is 1. The van der Waals surface area contributed by atoms with E-state index in [-0.39, 0.29) is 0 Å². The van der Waals surface area contributed by atoms with Crippen LogP contribution in [0.15, 0.2) is 42.7 Å². The molecule has 2 heterocycles. The SMILES string of the molecule is CCCCCn1ncc2c(N)ccnc21.[CH2]c1cccc(C(N)=O)c1. The summed E-state index contributed by atoms with van der Waals surface area (Å²) >= 11 is 0. The molecule has 0 unspecified atom stereocenters. The second-order valence-electron chi connectivity index (χ2n) is 5.78. The number of anilines is 1. The van der Waals surface area contributed by atoms with Crippen LogP contribution in [0, 0.1) is 6.92 Å². The fraction of sp³-hybridized carbons (Fsp3) is 0.263. The first kappa shape index (κ1) is 18.4. The average molecular weight is 338 g/mol. The number of nitrogens with zero attached hydrogens (tertiary/aromatic N) is 3. The molecule has 2 aromatic heterocycles. The minimum Gasteiger partial charge on any atom is -0.398 e. The number of nitrogens with two attached hydrogens (primary N) is 2. The maximum Gasteiger partial charge on any atom is 0.248 e. The van der Waals surface area contributed by atoms with Crippen LogP contribution in [0.5, 0.6) is 0 Å². The zero-order chi connectivity index (χ0) is 18.2. The van der Waals surface area contributed by atoms with E-state index in [0.29, 0.717) is 5.56 Å². The summed E-state index contributed by atoms with van der Waals surface area (Å²) < 4.78 is 1.93. The summed E-state index contributed by atoms with van der Waals surface area (Å²) in [4.78, 5) is 14.8. The Labute approximate surface area is 147 Å². The molecular weight excluding hydrogens is 314 g/mol. The van der Waals surface area contributed by atoms with Gasteiger partial charge in [0, 0.05) is 24.0 Å². The van der Waals surface area contributed by atoms with Crippen LogP contribution < -0.4 is 11.5 Å². The van der Waals surface area contributed by atoms with Crippen LogP contribution in [0.2, 0.25) is 0 Å². The first-order valence-corrected chi connectivity index (χ1v) is 8.30. The molecule has 0 saturated heterocycles. The van der Waals surface area contributed by atoms with Crippen molar-refractivity contribution >= 4 is 22.6 Å². The molecule has 0 aliphatic carbocycles. The third-order valence-electron chi connectivity index (χ3n) is 3.76. The molecule has 6 nitrogen and oxygen atoms in total. The number of carbonyl (C=O) groups excluding carboxylic acids is 1. The number of amides is 1. The Morgan fingerprint density at radius 1 is 1.28 bits per heavy atom. The van der Waals surface area contributed by atoms with Gasteiger partial charge < -0.3 is 11.5 Å². The van der Waals surface area contributed by atoms with E-state index < -0.39 is 5.91 Å². The Morgan fingerprint density at radius 3 is 2.72 bits per heavy atom. The normalized spacial score (nSPS) is 10.3. The van der Waals surface area contributed by atoms with Gasteiger partial charge in [-0.1, -0.05) is 31.9 Å². The number of benzene rings is 1. The Bertz CT molecular complexity index is 841. The van der Waals surface area contributed by atoms with E-state index in [4.69, 9.17) is 11.5 Å². The van der Waals surface area contributed by atoms with Crippen LogP contribution >= 0.6 is 0 Å². The molecule has 0 bridgehead atoms. The maximum absolute atomic E-state index is 10.5. The van der Waals surface area contributed by atoms with Crippen LogP contribution in [0.3, 0.4) is 0 Å². The lowest BCUT2D eigenvalue weighted by Gasteiger charge is -2.01. The van der Waals surface area contributed by atoms with E-state index in [9.17, 15) is 4.79 Å². The summed E-state index contributed by atoms with van der Waals surface area (Å²) in [6.07, 6.45) is 7.11. The number of unbranched alkanes of at least 4 members (excludes halogenated alkanes) is 2. The van der Waals surface area contributed by atoms with Gasteiger partial charge in [-0.25, -0.2) is 9.67 Å². The van der Waals surface area contributed by atoms with Gasteiger partial charge >= 0.3 is 0 Å². The van der Waals surface area contributed by atoms with Gasteiger partial charge in [-0.3, -0.25) is 4.79 Å². The van der Waals surface area contributed by atoms with Crippen LogP contribution in [-0.4, -0.2) is 20.7 Å². The predicted octanol–water partition coefficient (Wildman–Crippen LogP) is 3.17. The molecule has 1 radical (unpaired) electrons. The van der Waals surface area contributed by atoms with Crippen molar-refractivity contribution in [1.29, 1.82) is 0 Å². The summed E-state index contributed by atoms with van der Waals surface area (Å²) in [5.41, 5.74) is 13.8. The molecule has 1 aromatic carbocycles. The van der Waals surface area contributed by atoms with Crippen molar-refractivity contribution in [3.05, 3.63) is 60.8 Å². The number of carbonyl (C=O) groups is 1. The third-order valence-corrected chi connectivity index (χ3v) is 3.76. The lowest BCUT2D eigenvalue weighted by Crippen LogP contribution is -2.10. The lowest BCUT2D eigenvalue weighted by atomic mass is 10.1. The van der Waals surface area contributed by atoms with Gasteiger partial charge in [-0.2, -0.15) is 5.10 Å². The molecule has 0 fully saturated rings. The highest BCUT2D eigenvalue weighted by molar-refractivity contribution is 5.92. The highest BCUT2D eigenvalue weighted by Gasteiger charge is 2.05. The quantitative estimate of drug-likeness (QED) is 0.698. The van der Waals surface area contributed by atoms with Gasteiger partial charge in [0.05, 0.1) is 11.6 Å². The van der Waals surface area contributed by atoms with E-state index in [1.807, 2.05) is 10.7 Å². The van der Waals surface area contributed by atoms with E-state index in [1.165, 1.54) is 12.8 Å². The Hall–Kier alpha value is -2.89. The number of hydrogen-bond acceptors (Lipinski definition) is 4. The molecule has 25 heavy (non-hydrogen) atoms. The molecule has 3 rings (SSSR count). The number of nitrogen functional groups attached to an aromatic ring is 1.